The van der Waals surface area contributed by atoms with Crippen LogP contribution in [0.2, 0.25) is 0 Å². The van der Waals surface area contributed by atoms with Gasteiger partial charge < -0.3 is 5.32 Å². The molecular weight excluding hydrogens is 356 g/mol. The van der Waals surface area contributed by atoms with Crippen molar-refractivity contribution in [3.63, 3.8) is 0 Å². The number of nitrogens with one attached hydrogen (secondary N) is 2. The van der Waals surface area contributed by atoms with E-state index in [0.29, 0.717) is 5.69 Å². The molecule has 134 valence electrons. The molecule has 0 saturated heterocycles. The molecule has 0 aromatic heterocycles. The van der Waals surface area contributed by atoms with Crippen molar-refractivity contribution in [2.45, 2.75) is 36.1 Å². The highest BCUT2D eigenvalue weighted by Gasteiger charge is 2.22. The first-order chi connectivity index (χ1) is 11.7. The Morgan fingerprint density at radius 1 is 1.04 bits per heavy atom. The van der Waals surface area contributed by atoms with Crippen LogP contribution in [0.3, 0.4) is 0 Å². The van der Waals surface area contributed by atoms with E-state index < -0.39 is 15.6 Å². The molecule has 0 aliphatic rings. The van der Waals surface area contributed by atoms with Crippen LogP contribution in [0, 0.1) is 0 Å². The Labute approximate surface area is 153 Å². The molecule has 0 atom stereocenters. The number of carbonyl (C=O) groups is 1. The Morgan fingerprint density at radius 2 is 1.72 bits per heavy atom. The van der Waals surface area contributed by atoms with Gasteiger partial charge in [0.25, 0.3) is 0 Å². The Hall–Kier alpha value is -1.83. The van der Waals surface area contributed by atoms with Crippen LogP contribution in [-0.2, 0) is 14.8 Å². The van der Waals surface area contributed by atoms with E-state index in [9.17, 15) is 13.2 Å². The molecule has 2 N–H and O–H groups in total. The Balaban J connectivity index is 2.02. The number of sulfonamides is 1. The summed E-state index contributed by atoms with van der Waals surface area (Å²) in [4.78, 5) is 13.2. The summed E-state index contributed by atoms with van der Waals surface area (Å²) in [6.07, 6.45) is 0. The Bertz CT molecular complexity index is 829. The van der Waals surface area contributed by atoms with E-state index in [1.165, 1.54) is 23.9 Å². The first-order valence-electron chi connectivity index (χ1n) is 7.77. The summed E-state index contributed by atoms with van der Waals surface area (Å²) < 4.78 is 27.3. The van der Waals surface area contributed by atoms with Crippen LogP contribution < -0.4 is 10.0 Å². The van der Waals surface area contributed by atoms with Gasteiger partial charge in [0.2, 0.25) is 15.9 Å². The van der Waals surface area contributed by atoms with Gasteiger partial charge in [0.15, 0.2) is 0 Å². The van der Waals surface area contributed by atoms with E-state index in [4.69, 9.17) is 0 Å². The zero-order valence-corrected chi connectivity index (χ0v) is 16.1. The second kappa shape index (κ2) is 8.03. The van der Waals surface area contributed by atoms with Crippen LogP contribution in [0.4, 0.5) is 5.69 Å². The van der Waals surface area contributed by atoms with Crippen LogP contribution in [-0.4, -0.2) is 25.6 Å². The van der Waals surface area contributed by atoms with E-state index in [1.54, 1.807) is 32.9 Å². The van der Waals surface area contributed by atoms with Gasteiger partial charge in [0.05, 0.1) is 10.6 Å². The highest BCUT2D eigenvalue weighted by atomic mass is 32.2. The highest BCUT2D eigenvalue weighted by molar-refractivity contribution is 8.00. The first kappa shape index (κ1) is 19.5. The predicted molar refractivity (Wildman–Crippen MR) is 102 cm³/mol. The first-order valence-corrected chi connectivity index (χ1v) is 10.2. The van der Waals surface area contributed by atoms with Gasteiger partial charge in [-0.3, -0.25) is 4.79 Å². The van der Waals surface area contributed by atoms with Crippen LogP contribution in [0.5, 0.6) is 0 Å². The zero-order valence-electron chi connectivity index (χ0n) is 14.4. The minimum absolute atomic E-state index is 0.121. The van der Waals surface area contributed by atoms with Gasteiger partial charge >= 0.3 is 0 Å². The fourth-order valence-electron chi connectivity index (χ4n) is 2.07. The van der Waals surface area contributed by atoms with Crippen molar-refractivity contribution in [2.75, 3.05) is 11.1 Å². The third-order valence-corrected chi connectivity index (χ3v) is 5.75. The number of rotatable bonds is 6. The van der Waals surface area contributed by atoms with E-state index >= 15 is 0 Å². The fraction of sp³-hybridized carbons (Fsp3) is 0.278. The largest absolute Gasteiger partial charge is 0.325 e. The standard InChI is InChI=1S/C18H22N2O3S2/c1-18(2,3)20-25(22,23)16-11-7-8-14(12-16)19-17(21)13-24-15-9-5-4-6-10-15/h4-12,20H,13H2,1-3H3,(H,19,21). The van der Waals surface area contributed by atoms with E-state index in [2.05, 4.69) is 10.0 Å². The zero-order chi connectivity index (χ0) is 18.5. The maximum atomic E-state index is 12.4. The highest BCUT2D eigenvalue weighted by Crippen LogP contribution is 2.20. The van der Waals surface area contributed by atoms with Crippen molar-refractivity contribution in [1.29, 1.82) is 0 Å². The fourth-order valence-corrected chi connectivity index (χ4v) is 4.25. The molecule has 0 heterocycles. The van der Waals surface area contributed by atoms with Crippen LogP contribution in [0.25, 0.3) is 0 Å². The lowest BCUT2D eigenvalue weighted by Gasteiger charge is -2.20. The molecule has 5 nitrogen and oxygen atoms in total. The van der Waals surface area contributed by atoms with Crippen LogP contribution >= 0.6 is 11.8 Å². The quantitative estimate of drug-likeness (QED) is 0.755. The normalized spacial score (nSPS) is 12.0. The van der Waals surface area contributed by atoms with E-state index in [0.717, 1.165) is 4.90 Å². The van der Waals surface area contributed by atoms with Gasteiger partial charge in [0.1, 0.15) is 0 Å². The third-order valence-electron chi connectivity index (χ3n) is 2.98. The summed E-state index contributed by atoms with van der Waals surface area (Å²) in [5.74, 6) is 0.0634. The SMILES string of the molecule is CC(C)(C)NS(=O)(=O)c1cccc(NC(=O)CSc2ccccc2)c1. The van der Waals surface area contributed by atoms with Crippen molar-refractivity contribution >= 4 is 33.4 Å². The maximum absolute atomic E-state index is 12.4. The van der Waals surface area contributed by atoms with Crippen LogP contribution in [0.15, 0.2) is 64.4 Å². The van der Waals surface area contributed by atoms with Gasteiger partial charge in [-0.25, -0.2) is 13.1 Å². The molecule has 1 amide bonds. The van der Waals surface area contributed by atoms with Crippen molar-refractivity contribution in [3.05, 3.63) is 54.6 Å². The Kier molecular flexibility index (Phi) is 6.26. The molecule has 0 spiro atoms. The molecule has 0 aliphatic heterocycles. The summed E-state index contributed by atoms with van der Waals surface area (Å²) in [6, 6.07) is 15.8. The summed E-state index contributed by atoms with van der Waals surface area (Å²) in [7, 11) is -3.64. The lowest BCUT2D eigenvalue weighted by Crippen LogP contribution is -2.40. The third kappa shape index (κ3) is 6.53. The molecule has 7 heteroatoms. The Morgan fingerprint density at radius 3 is 2.36 bits per heavy atom. The number of thioether (sulfide) groups is 1. The van der Waals surface area contributed by atoms with Crippen molar-refractivity contribution < 1.29 is 13.2 Å². The smallest absolute Gasteiger partial charge is 0.241 e. The molecule has 0 fully saturated rings. The maximum Gasteiger partial charge on any atom is 0.241 e. The van der Waals surface area contributed by atoms with Gasteiger partial charge in [-0.2, -0.15) is 0 Å². The molecule has 0 radical (unpaired) electrons. The second-order valence-corrected chi connectivity index (χ2v) is 9.26. The van der Waals surface area contributed by atoms with Gasteiger partial charge in [-0.15, -0.1) is 11.8 Å². The molecule has 2 aromatic carbocycles. The summed E-state index contributed by atoms with van der Waals surface area (Å²) in [5, 5.41) is 2.74. The van der Waals surface area contributed by atoms with Gasteiger partial charge in [-0.1, -0.05) is 24.3 Å². The van der Waals surface area contributed by atoms with E-state index in [1.807, 2.05) is 30.3 Å². The van der Waals surface area contributed by atoms with E-state index in [-0.39, 0.29) is 16.6 Å². The lowest BCUT2D eigenvalue weighted by atomic mass is 10.1. The molecule has 0 saturated carbocycles. The number of anilines is 1. The van der Waals surface area contributed by atoms with Crippen molar-refractivity contribution in [2.24, 2.45) is 0 Å². The van der Waals surface area contributed by atoms with Crippen LogP contribution in [0.1, 0.15) is 20.8 Å². The number of carbonyl (C=O) groups excluding carboxylic acids is 1. The number of hydrogen-bond donors (Lipinski definition) is 2. The minimum atomic E-state index is -3.64. The average Bonchev–Trinajstić information content (AvgIpc) is 2.52. The topological polar surface area (TPSA) is 75.3 Å². The minimum Gasteiger partial charge on any atom is -0.325 e. The molecule has 2 rings (SSSR count). The monoisotopic (exact) mass is 378 g/mol. The average molecular weight is 379 g/mol. The van der Waals surface area contributed by atoms with Crippen molar-refractivity contribution in [1.82, 2.24) is 4.72 Å². The summed E-state index contributed by atoms with van der Waals surface area (Å²) in [6.45, 7) is 5.32. The molecule has 0 aliphatic carbocycles. The predicted octanol–water partition coefficient (Wildman–Crippen LogP) is 3.49. The number of hydrogen-bond acceptors (Lipinski definition) is 4. The molecule has 0 unspecified atom stereocenters. The lowest BCUT2D eigenvalue weighted by molar-refractivity contribution is -0.113. The molecular formula is C18H22N2O3S2. The summed E-state index contributed by atoms with van der Waals surface area (Å²) >= 11 is 1.42. The molecule has 25 heavy (non-hydrogen) atoms. The second-order valence-electron chi connectivity index (χ2n) is 6.53. The number of benzene rings is 2. The van der Waals surface area contributed by atoms with Crippen molar-refractivity contribution in [3.8, 4) is 0 Å². The summed E-state index contributed by atoms with van der Waals surface area (Å²) in [5.41, 5.74) is -0.125. The van der Waals surface area contributed by atoms with Gasteiger partial charge in [0, 0.05) is 16.1 Å². The number of amides is 1. The van der Waals surface area contributed by atoms with Gasteiger partial charge in [-0.05, 0) is 51.1 Å². The molecule has 2 aromatic rings. The molecule has 0 bridgehead atoms.